The highest BCUT2D eigenvalue weighted by Crippen LogP contribution is 2.24. The Morgan fingerprint density at radius 1 is 1.10 bits per heavy atom. The molecule has 21 heavy (non-hydrogen) atoms. The lowest BCUT2D eigenvalue weighted by molar-refractivity contribution is 0.102. The Morgan fingerprint density at radius 3 is 2.24 bits per heavy atom. The molecule has 2 aromatic rings. The summed E-state index contributed by atoms with van der Waals surface area (Å²) in [4.78, 5) is 12.2. The molecule has 0 saturated carbocycles. The second-order valence-electron chi connectivity index (χ2n) is 4.18. The standard InChI is InChI=1S/C15H13BrFNO3/c1-20-11-5-9(6-12(8-11)21-2)15(19)18-10-3-4-13(16)14(17)7-10/h3-8H,1-2H3,(H,18,19). The van der Waals surface area contributed by atoms with Gasteiger partial charge in [0.1, 0.15) is 17.3 Å². The van der Waals surface area contributed by atoms with E-state index in [9.17, 15) is 9.18 Å². The van der Waals surface area contributed by atoms with Crippen LogP contribution in [-0.4, -0.2) is 20.1 Å². The van der Waals surface area contributed by atoms with E-state index in [-0.39, 0.29) is 5.91 Å². The van der Waals surface area contributed by atoms with Crippen LogP contribution in [0.15, 0.2) is 40.9 Å². The average molecular weight is 354 g/mol. The van der Waals surface area contributed by atoms with Crippen molar-refractivity contribution in [2.24, 2.45) is 0 Å². The van der Waals surface area contributed by atoms with Crippen LogP contribution >= 0.6 is 15.9 Å². The first-order chi connectivity index (χ1) is 10.0. The van der Waals surface area contributed by atoms with Crippen molar-refractivity contribution in [2.45, 2.75) is 0 Å². The monoisotopic (exact) mass is 353 g/mol. The van der Waals surface area contributed by atoms with Crippen LogP contribution in [-0.2, 0) is 0 Å². The summed E-state index contributed by atoms with van der Waals surface area (Å²) < 4.78 is 24.0. The number of methoxy groups -OCH3 is 2. The fourth-order valence-corrected chi connectivity index (χ4v) is 1.96. The molecule has 0 radical (unpaired) electrons. The number of amides is 1. The molecule has 0 fully saturated rings. The molecular formula is C15H13BrFNO3. The van der Waals surface area contributed by atoms with Crippen molar-refractivity contribution in [3.63, 3.8) is 0 Å². The quantitative estimate of drug-likeness (QED) is 0.907. The number of ether oxygens (including phenoxy) is 2. The number of halogens is 2. The Labute approximate surface area is 130 Å². The minimum atomic E-state index is -0.448. The van der Waals surface area contributed by atoms with Gasteiger partial charge in [0, 0.05) is 17.3 Å². The van der Waals surface area contributed by atoms with Gasteiger partial charge >= 0.3 is 0 Å². The van der Waals surface area contributed by atoms with E-state index in [1.807, 2.05) is 0 Å². The molecule has 4 nitrogen and oxygen atoms in total. The zero-order valence-corrected chi connectivity index (χ0v) is 13.0. The van der Waals surface area contributed by atoms with Crippen molar-refractivity contribution >= 4 is 27.5 Å². The van der Waals surface area contributed by atoms with Gasteiger partial charge in [0.25, 0.3) is 5.91 Å². The minimum Gasteiger partial charge on any atom is -0.497 e. The zero-order valence-electron chi connectivity index (χ0n) is 11.4. The van der Waals surface area contributed by atoms with Crippen molar-refractivity contribution in [3.8, 4) is 11.5 Å². The highest BCUT2D eigenvalue weighted by atomic mass is 79.9. The molecule has 6 heteroatoms. The first-order valence-corrected chi connectivity index (χ1v) is 6.82. The van der Waals surface area contributed by atoms with Gasteiger partial charge < -0.3 is 14.8 Å². The fourth-order valence-electron chi connectivity index (χ4n) is 1.72. The van der Waals surface area contributed by atoms with Gasteiger partial charge in [-0.25, -0.2) is 4.39 Å². The van der Waals surface area contributed by atoms with Gasteiger partial charge in [-0.1, -0.05) is 0 Å². The van der Waals surface area contributed by atoms with E-state index in [1.54, 1.807) is 24.3 Å². The predicted octanol–water partition coefficient (Wildman–Crippen LogP) is 3.86. The lowest BCUT2D eigenvalue weighted by atomic mass is 10.2. The minimum absolute atomic E-state index is 0.337. The van der Waals surface area contributed by atoms with Gasteiger partial charge in [0.05, 0.1) is 18.7 Å². The maximum atomic E-state index is 13.4. The summed E-state index contributed by atoms with van der Waals surface area (Å²) in [6, 6.07) is 9.18. The highest BCUT2D eigenvalue weighted by molar-refractivity contribution is 9.10. The lowest BCUT2D eigenvalue weighted by Crippen LogP contribution is -2.12. The molecule has 110 valence electrons. The number of carbonyl (C=O) groups excluding carboxylic acids is 1. The molecule has 0 aliphatic rings. The first-order valence-electron chi connectivity index (χ1n) is 6.03. The summed E-state index contributed by atoms with van der Waals surface area (Å²) in [7, 11) is 3.00. The number of carbonyl (C=O) groups is 1. The number of benzene rings is 2. The molecule has 0 spiro atoms. The molecule has 0 aromatic heterocycles. The molecule has 2 aromatic carbocycles. The average Bonchev–Trinajstić information content (AvgIpc) is 2.50. The van der Waals surface area contributed by atoms with Gasteiger partial charge in [0.15, 0.2) is 0 Å². The number of hydrogen-bond acceptors (Lipinski definition) is 3. The summed E-state index contributed by atoms with van der Waals surface area (Å²) in [6.07, 6.45) is 0. The molecule has 0 aliphatic carbocycles. The van der Waals surface area contributed by atoms with Crippen LogP contribution in [0, 0.1) is 5.82 Å². The normalized spacial score (nSPS) is 10.1. The molecule has 0 unspecified atom stereocenters. The van der Waals surface area contributed by atoms with E-state index in [4.69, 9.17) is 9.47 Å². The van der Waals surface area contributed by atoms with Gasteiger partial charge in [0.2, 0.25) is 0 Å². The molecule has 0 heterocycles. The molecule has 0 saturated heterocycles. The van der Waals surface area contributed by atoms with Crippen LogP contribution in [0.3, 0.4) is 0 Å². The molecular weight excluding hydrogens is 341 g/mol. The van der Waals surface area contributed by atoms with Crippen LogP contribution in [0.4, 0.5) is 10.1 Å². The molecule has 1 N–H and O–H groups in total. The highest BCUT2D eigenvalue weighted by Gasteiger charge is 2.11. The third-order valence-corrected chi connectivity index (χ3v) is 3.43. The Bertz CT molecular complexity index is 654. The molecule has 2 rings (SSSR count). The van der Waals surface area contributed by atoms with Gasteiger partial charge in [-0.05, 0) is 46.3 Å². The Balaban J connectivity index is 2.25. The van der Waals surface area contributed by atoms with Crippen LogP contribution in [0.5, 0.6) is 11.5 Å². The summed E-state index contributed by atoms with van der Waals surface area (Å²) in [5, 5.41) is 2.62. The van der Waals surface area contributed by atoms with E-state index in [0.717, 1.165) is 0 Å². The predicted molar refractivity (Wildman–Crippen MR) is 81.6 cm³/mol. The van der Waals surface area contributed by atoms with Gasteiger partial charge in [-0.3, -0.25) is 4.79 Å². The van der Waals surface area contributed by atoms with Crippen molar-refractivity contribution in [1.29, 1.82) is 0 Å². The van der Waals surface area contributed by atoms with Crippen molar-refractivity contribution in [1.82, 2.24) is 0 Å². The molecule has 0 atom stereocenters. The number of hydrogen-bond donors (Lipinski definition) is 1. The smallest absolute Gasteiger partial charge is 0.255 e. The fraction of sp³-hybridized carbons (Fsp3) is 0.133. The Hall–Kier alpha value is -2.08. The summed E-state index contributed by atoms with van der Waals surface area (Å²) in [5.41, 5.74) is 0.719. The number of rotatable bonds is 4. The van der Waals surface area contributed by atoms with Gasteiger partial charge in [-0.2, -0.15) is 0 Å². The van der Waals surface area contributed by atoms with Crippen molar-refractivity contribution in [3.05, 3.63) is 52.3 Å². The number of anilines is 1. The molecule has 1 amide bonds. The summed E-state index contributed by atoms with van der Waals surface area (Å²) in [5.74, 6) is 0.174. The van der Waals surface area contributed by atoms with Gasteiger partial charge in [-0.15, -0.1) is 0 Å². The third-order valence-electron chi connectivity index (χ3n) is 2.79. The Morgan fingerprint density at radius 2 is 1.71 bits per heavy atom. The molecule has 0 aliphatic heterocycles. The maximum Gasteiger partial charge on any atom is 0.255 e. The SMILES string of the molecule is COc1cc(OC)cc(C(=O)Nc2ccc(Br)c(F)c2)c1. The Kier molecular flexibility index (Phi) is 4.80. The second-order valence-corrected chi connectivity index (χ2v) is 5.04. The van der Waals surface area contributed by atoms with E-state index in [2.05, 4.69) is 21.2 Å². The first kappa shape index (κ1) is 15.3. The second kappa shape index (κ2) is 6.58. The van der Waals surface area contributed by atoms with Crippen molar-refractivity contribution in [2.75, 3.05) is 19.5 Å². The van der Waals surface area contributed by atoms with E-state index >= 15 is 0 Å². The maximum absolute atomic E-state index is 13.4. The van der Waals surface area contributed by atoms with Crippen LogP contribution in [0.25, 0.3) is 0 Å². The summed E-state index contributed by atoms with van der Waals surface area (Å²) >= 11 is 3.06. The molecule has 0 bridgehead atoms. The summed E-state index contributed by atoms with van der Waals surface area (Å²) in [6.45, 7) is 0. The van der Waals surface area contributed by atoms with E-state index in [0.29, 0.717) is 27.2 Å². The van der Waals surface area contributed by atoms with Crippen LogP contribution < -0.4 is 14.8 Å². The number of nitrogens with one attached hydrogen (secondary N) is 1. The topological polar surface area (TPSA) is 47.6 Å². The third kappa shape index (κ3) is 3.72. The van der Waals surface area contributed by atoms with Crippen LogP contribution in [0.2, 0.25) is 0 Å². The van der Waals surface area contributed by atoms with E-state index < -0.39 is 5.82 Å². The van der Waals surface area contributed by atoms with Crippen LogP contribution in [0.1, 0.15) is 10.4 Å². The van der Waals surface area contributed by atoms with Crippen molar-refractivity contribution < 1.29 is 18.7 Å². The zero-order chi connectivity index (χ0) is 15.4. The van der Waals surface area contributed by atoms with E-state index in [1.165, 1.54) is 26.4 Å². The lowest BCUT2D eigenvalue weighted by Gasteiger charge is -2.09. The largest absolute Gasteiger partial charge is 0.497 e.